The molecule has 1 aromatic carbocycles. The number of fused-ring (bicyclic) bond motifs is 1. The third-order valence-corrected chi connectivity index (χ3v) is 5.03. The topological polar surface area (TPSA) is 79.4 Å². The average Bonchev–Trinajstić information content (AvgIpc) is 3.00. The highest BCUT2D eigenvalue weighted by atomic mass is 32.1. The Bertz CT molecular complexity index is 801. The van der Waals surface area contributed by atoms with Crippen LogP contribution in [0.1, 0.15) is 40.7 Å². The standard InChI is InChI=1S/C18H19N3O3S/c1-12(22)19-18-20-14-9-10-21(11-16(14)25-18)17(24)8-7-15(23)13-5-3-2-4-6-13/h2-6H,7-11H2,1H3,(H,19,20,22). The van der Waals surface area contributed by atoms with Crippen LogP contribution in [0, 0.1) is 0 Å². The van der Waals surface area contributed by atoms with Crippen LogP contribution >= 0.6 is 11.3 Å². The van der Waals surface area contributed by atoms with Gasteiger partial charge in [-0.2, -0.15) is 0 Å². The van der Waals surface area contributed by atoms with E-state index in [2.05, 4.69) is 10.3 Å². The summed E-state index contributed by atoms with van der Waals surface area (Å²) in [6, 6.07) is 9.02. The first-order valence-corrected chi connectivity index (χ1v) is 8.97. The number of carbonyl (C=O) groups excluding carboxylic acids is 3. The van der Waals surface area contributed by atoms with Gasteiger partial charge in [-0.25, -0.2) is 4.98 Å². The second kappa shape index (κ2) is 7.57. The molecule has 25 heavy (non-hydrogen) atoms. The van der Waals surface area contributed by atoms with Crippen molar-refractivity contribution in [2.45, 2.75) is 32.7 Å². The second-order valence-electron chi connectivity index (χ2n) is 5.92. The van der Waals surface area contributed by atoms with Gasteiger partial charge in [-0.3, -0.25) is 14.4 Å². The van der Waals surface area contributed by atoms with Gasteiger partial charge >= 0.3 is 0 Å². The van der Waals surface area contributed by atoms with Crippen LogP contribution in [0.3, 0.4) is 0 Å². The molecule has 0 unspecified atom stereocenters. The fourth-order valence-electron chi connectivity index (χ4n) is 2.76. The lowest BCUT2D eigenvalue weighted by Gasteiger charge is -2.26. The Morgan fingerprint density at radius 2 is 1.96 bits per heavy atom. The minimum absolute atomic E-state index is 0.0163. The highest BCUT2D eigenvalue weighted by molar-refractivity contribution is 7.15. The van der Waals surface area contributed by atoms with Gasteiger partial charge in [0.2, 0.25) is 11.8 Å². The molecule has 1 aliphatic heterocycles. The number of anilines is 1. The summed E-state index contributed by atoms with van der Waals surface area (Å²) in [5.74, 6) is -0.194. The van der Waals surface area contributed by atoms with Gasteiger partial charge in [0.1, 0.15) is 0 Å². The van der Waals surface area contributed by atoms with E-state index in [1.54, 1.807) is 17.0 Å². The lowest BCUT2D eigenvalue weighted by molar-refractivity contribution is -0.132. The van der Waals surface area contributed by atoms with Crippen molar-refractivity contribution in [1.29, 1.82) is 0 Å². The van der Waals surface area contributed by atoms with Crippen molar-refractivity contribution in [3.8, 4) is 0 Å². The molecule has 0 aliphatic carbocycles. The number of nitrogens with zero attached hydrogens (tertiary/aromatic N) is 2. The summed E-state index contributed by atoms with van der Waals surface area (Å²) < 4.78 is 0. The summed E-state index contributed by atoms with van der Waals surface area (Å²) in [5.41, 5.74) is 1.58. The Hall–Kier alpha value is -2.54. The van der Waals surface area contributed by atoms with E-state index in [1.165, 1.54) is 18.3 Å². The van der Waals surface area contributed by atoms with E-state index < -0.39 is 0 Å². The molecule has 0 atom stereocenters. The van der Waals surface area contributed by atoms with Crippen molar-refractivity contribution < 1.29 is 14.4 Å². The zero-order valence-corrected chi connectivity index (χ0v) is 14.8. The Kier molecular flexibility index (Phi) is 5.23. The number of rotatable bonds is 5. The second-order valence-corrected chi connectivity index (χ2v) is 7.01. The van der Waals surface area contributed by atoms with Crippen LogP contribution in [-0.4, -0.2) is 34.0 Å². The molecule has 130 valence electrons. The van der Waals surface area contributed by atoms with E-state index in [1.807, 2.05) is 18.2 Å². The van der Waals surface area contributed by atoms with E-state index in [9.17, 15) is 14.4 Å². The van der Waals surface area contributed by atoms with Gasteiger partial charge in [-0.15, -0.1) is 0 Å². The quantitative estimate of drug-likeness (QED) is 0.835. The highest BCUT2D eigenvalue weighted by Crippen LogP contribution is 2.28. The van der Waals surface area contributed by atoms with Crippen molar-refractivity contribution in [1.82, 2.24) is 9.88 Å². The van der Waals surface area contributed by atoms with Crippen LogP contribution in [0.2, 0.25) is 0 Å². The van der Waals surface area contributed by atoms with Crippen LogP contribution in [0.25, 0.3) is 0 Å². The third kappa shape index (κ3) is 4.30. The predicted octanol–water partition coefficient (Wildman–Crippen LogP) is 2.65. The molecular formula is C18H19N3O3S. The van der Waals surface area contributed by atoms with Gasteiger partial charge in [0.05, 0.1) is 12.2 Å². The number of aromatic nitrogens is 1. The maximum Gasteiger partial charge on any atom is 0.223 e. The number of amides is 2. The van der Waals surface area contributed by atoms with Crippen LogP contribution < -0.4 is 5.32 Å². The summed E-state index contributed by atoms with van der Waals surface area (Å²) in [5, 5.41) is 3.26. The fourth-order valence-corrected chi connectivity index (χ4v) is 3.83. The van der Waals surface area contributed by atoms with Crippen molar-refractivity contribution in [3.63, 3.8) is 0 Å². The Labute approximate surface area is 149 Å². The minimum atomic E-state index is -0.154. The molecular weight excluding hydrogens is 338 g/mol. The maximum atomic E-state index is 12.4. The van der Waals surface area contributed by atoms with Crippen LogP contribution in [0.5, 0.6) is 0 Å². The molecule has 7 heteroatoms. The normalized spacial score (nSPS) is 13.2. The first-order chi connectivity index (χ1) is 12.0. The number of ketones is 1. The molecule has 2 heterocycles. The number of hydrogen-bond donors (Lipinski definition) is 1. The molecule has 0 saturated carbocycles. The summed E-state index contributed by atoms with van der Waals surface area (Å²) in [7, 11) is 0. The molecule has 0 fully saturated rings. The Morgan fingerprint density at radius 3 is 2.68 bits per heavy atom. The van der Waals surface area contributed by atoms with Crippen LogP contribution in [0.4, 0.5) is 5.13 Å². The van der Waals surface area contributed by atoms with E-state index >= 15 is 0 Å². The maximum absolute atomic E-state index is 12.4. The number of carbonyl (C=O) groups is 3. The number of benzene rings is 1. The van der Waals surface area contributed by atoms with E-state index in [-0.39, 0.29) is 30.4 Å². The summed E-state index contributed by atoms with van der Waals surface area (Å²) >= 11 is 1.40. The van der Waals surface area contributed by atoms with Gasteiger partial charge in [0.15, 0.2) is 10.9 Å². The molecule has 1 aliphatic rings. The fraction of sp³-hybridized carbons (Fsp3) is 0.333. The molecule has 6 nitrogen and oxygen atoms in total. The smallest absolute Gasteiger partial charge is 0.223 e. The SMILES string of the molecule is CC(=O)Nc1nc2c(s1)CN(C(=O)CCC(=O)c1ccccc1)CC2. The zero-order valence-electron chi connectivity index (χ0n) is 13.9. The first-order valence-electron chi connectivity index (χ1n) is 8.15. The molecule has 1 N–H and O–H groups in total. The van der Waals surface area contributed by atoms with Crippen LogP contribution in [0.15, 0.2) is 30.3 Å². The van der Waals surface area contributed by atoms with E-state index in [0.29, 0.717) is 30.2 Å². The molecule has 2 amide bonds. The molecule has 3 rings (SSSR count). The molecule has 0 bridgehead atoms. The number of thiazole rings is 1. The third-order valence-electron chi connectivity index (χ3n) is 4.03. The molecule has 0 saturated heterocycles. The van der Waals surface area contributed by atoms with E-state index in [0.717, 1.165) is 10.6 Å². The molecule has 2 aromatic rings. The minimum Gasteiger partial charge on any atom is -0.337 e. The zero-order chi connectivity index (χ0) is 17.8. The van der Waals surface area contributed by atoms with Crippen molar-refractivity contribution in [2.75, 3.05) is 11.9 Å². The van der Waals surface area contributed by atoms with Crippen molar-refractivity contribution in [2.24, 2.45) is 0 Å². The van der Waals surface area contributed by atoms with Gasteiger partial charge in [0.25, 0.3) is 0 Å². The monoisotopic (exact) mass is 357 g/mol. The first kappa shape index (κ1) is 17.3. The summed E-state index contributed by atoms with van der Waals surface area (Å²) in [6.07, 6.45) is 1.09. The molecule has 0 radical (unpaired) electrons. The van der Waals surface area contributed by atoms with Crippen LogP contribution in [-0.2, 0) is 22.6 Å². The number of nitrogens with one attached hydrogen (secondary N) is 1. The van der Waals surface area contributed by atoms with Gasteiger partial charge < -0.3 is 10.2 Å². The largest absolute Gasteiger partial charge is 0.337 e. The predicted molar refractivity (Wildman–Crippen MR) is 95.5 cm³/mol. The van der Waals surface area contributed by atoms with Gasteiger partial charge in [0, 0.05) is 43.2 Å². The van der Waals surface area contributed by atoms with Crippen molar-refractivity contribution in [3.05, 3.63) is 46.5 Å². The lowest BCUT2D eigenvalue weighted by Crippen LogP contribution is -2.35. The molecule has 1 aromatic heterocycles. The lowest BCUT2D eigenvalue weighted by atomic mass is 10.1. The Balaban J connectivity index is 1.56. The average molecular weight is 357 g/mol. The van der Waals surface area contributed by atoms with Gasteiger partial charge in [-0.05, 0) is 0 Å². The Morgan fingerprint density at radius 1 is 1.20 bits per heavy atom. The highest BCUT2D eigenvalue weighted by Gasteiger charge is 2.24. The van der Waals surface area contributed by atoms with Gasteiger partial charge in [-0.1, -0.05) is 41.7 Å². The van der Waals surface area contributed by atoms with Crippen molar-refractivity contribution >= 4 is 34.1 Å². The van der Waals surface area contributed by atoms with E-state index in [4.69, 9.17) is 0 Å². The summed E-state index contributed by atoms with van der Waals surface area (Å²) in [6.45, 7) is 2.53. The number of Topliss-reactive ketones (excluding diaryl/α,β-unsaturated/α-hetero) is 1. The molecule has 0 spiro atoms. The summed E-state index contributed by atoms with van der Waals surface area (Å²) in [4.78, 5) is 42.8. The number of hydrogen-bond acceptors (Lipinski definition) is 5.